The first-order valence-corrected chi connectivity index (χ1v) is 7.07. The van der Waals surface area contributed by atoms with Gasteiger partial charge in [0.25, 0.3) is 5.91 Å². The monoisotopic (exact) mass is 292 g/mol. The normalized spacial score (nSPS) is 12.9. The number of aryl methyl sites for hydroxylation is 1. The van der Waals surface area contributed by atoms with Crippen LogP contribution in [-0.4, -0.2) is 28.5 Å². The molecule has 0 aliphatic rings. The van der Waals surface area contributed by atoms with Crippen LogP contribution in [0.4, 0.5) is 0 Å². The number of nitrogens with zero attached hydrogens (tertiary/aromatic N) is 1. The van der Waals surface area contributed by atoms with Crippen LogP contribution in [0.25, 0.3) is 0 Å². The van der Waals surface area contributed by atoms with Gasteiger partial charge < -0.3 is 10.1 Å². The van der Waals surface area contributed by atoms with Gasteiger partial charge >= 0.3 is 5.97 Å². The average molecular weight is 292 g/mol. The third kappa shape index (κ3) is 5.53. The van der Waals surface area contributed by atoms with E-state index in [0.717, 1.165) is 5.69 Å². The minimum Gasteiger partial charge on any atom is -0.458 e. The van der Waals surface area contributed by atoms with Crippen LogP contribution in [0.1, 0.15) is 50.8 Å². The van der Waals surface area contributed by atoms with Crippen molar-refractivity contribution in [2.24, 2.45) is 5.92 Å². The summed E-state index contributed by atoms with van der Waals surface area (Å²) >= 11 is 0. The van der Waals surface area contributed by atoms with Crippen LogP contribution in [0.5, 0.6) is 0 Å². The van der Waals surface area contributed by atoms with Gasteiger partial charge in [-0.1, -0.05) is 19.9 Å². The fraction of sp³-hybridized carbons (Fsp3) is 0.562. The van der Waals surface area contributed by atoms with Gasteiger partial charge in [-0.05, 0) is 45.7 Å². The summed E-state index contributed by atoms with van der Waals surface area (Å²) in [5.41, 5.74) is 0.460. The Bertz CT molecular complexity index is 518. The molecule has 0 aromatic carbocycles. The number of esters is 1. The maximum atomic E-state index is 12.2. The molecule has 1 aromatic rings. The molecule has 5 heteroatoms. The number of nitrogens with one attached hydrogen (secondary N) is 1. The van der Waals surface area contributed by atoms with Crippen LogP contribution in [-0.2, 0) is 9.53 Å². The minimum atomic E-state index is -0.695. The van der Waals surface area contributed by atoms with Crippen LogP contribution in [0, 0.1) is 12.8 Å². The second-order valence-corrected chi connectivity index (χ2v) is 6.39. The minimum absolute atomic E-state index is 0.0754. The van der Waals surface area contributed by atoms with E-state index in [-0.39, 0.29) is 11.8 Å². The Morgan fingerprint density at radius 1 is 1.24 bits per heavy atom. The summed E-state index contributed by atoms with van der Waals surface area (Å²) in [5, 5.41) is 2.71. The summed E-state index contributed by atoms with van der Waals surface area (Å²) in [4.78, 5) is 28.5. The van der Waals surface area contributed by atoms with Crippen molar-refractivity contribution in [2.75, 3.05) is 0 Å². The van der Waals surface area contributed by atoms with Crippen LogP contribution >= 0.6 is 0 Å². The number of hydrogen-bond acceptors (Lipinski definition) is 4. The third-order valence-corrected chi connectivity index (χ3v) is 2.73. The summed E-state index contributed by atoms with van der Waals surface area (Å²) in [6.07, 6.45) is 0. The maximum Gasteiger partial charge on any atom is 0.329 e. The summed E-state index contributed by atoms with van der Waals surface area (Å²) in [5.74, 6) is -0.879. The van der Waals surface area contributed by atoms with E-state index < -0.39 is 17.6 Å². The molecule has 1 heterocycles. The summed E-state index contributed by atoms with van der Waals surface area (Å²) in [6, 6.07) is 4.49. The van der Waals surface area contributed by atoms with E-state index in [0.29, 0.717) is 5.69 Å². The molecule has 0 radical (unpaired) electrons. The smallest absolute Gasteiger partial charge is 0.329 e. The van der Waals surface area contributed by atoms with E-state index in [9.17, 15) is 9.59 Å². The van der Waals surface area contributed by atoms with Crippen molar-refractivity contribution in [3.63, 3.8) is 0 Å². The molecule has 0 fully saturated rings. The van der Waals surface area contributed by atoms with Crippen LogP contribution in [0.15, 0.2) is 18.2 Å². The molecule has 21 heavy (non-hydrogen) atoms. The van der Waals surface area contributed by atoms with Gasteiger partial charge in [0.05, 0.1) is 0 Å². The predicted octanol–water partition coefficient (Wildman–Crippen LogP) is 2.49. The van der Waals surface area contributed by atoms with Gasteiger partial charge in [-0.25, -0.2) is 9.78 Å². The van der Waals surface area contributed by atoms with Gasteiger partial charge in [0.2, 0.25) is 0 Å². The van der Waals surface area contributed by atoms with Crippen molar-refractivity contribution < 1.29 is 14.3 Å². The molecule has 5 nitrogen and oxygen atoms in total. The quantitative estimate of drug-likeness (QED) is 0.866. The highest BCUT2D eigenvalue weighted by molar-refractivity contribution is 5.95. The molecule has 0 aliphatic carbocycles. The number of carbonyl (C=O) groups is 2. The number of ether oxygens (including phenoxy) is 1. The highest BCUT2D eigenvalue weighted by Gasteiger charge is 2.29. The Labute approximate surface area is 126 Å². The van der Waals surface area contributed by atoms with Gasteiger partial charge in [-0.3, -0.25) is 4.79 Å². The molecule has 0 saturated heterocycles. The zero-order valence-electron chi connectivity index (χ0n) is 13.6. The summed E-state index contributed by atoms with van der Waals surface area (Å²) in [6.45, 7) is 10.9. The Hall–Kier alpha value is -1.91. The molecule has 116 valence electrons. The van der Waals surface area contributed by atoms with E-state index in [1.807, 2.05) is 26.8 Å². The number of carbonyl (C=O) groups excluding carboxylic acids is 2. The van der Waals surface area contributed by atoms with E-state index in [1.54, 1.807) is 32.9 Å². The van der Waals surface area contributed by atoms with Gasteiger partial charge in [-0.2, -0.15) is 0 Å². The largest absolute Gasteiger partial charge is 0.458 e. The van der Waals surface area contributed by atoms with Gasteiger partial charge in [-0.15, -0.1) is 0 Å². The fourth-order valence-corrected chi connectivity index (χ4v) is 1.75. The van der Waals surface area contributed by atoms with Crippen LogP contribution < -0.4 is 5.32 Å². The first kappa shape index (κ1) is 17.1. The van der Waals surface area contributed by atoms with Gasteiger partial charge in [0.15, 0.2) is 0 Å². The zero-order chi connectivity index (χ0) is 16.2. The second kappa shape index (κ2) is 6.70. The highest BCUT2D eigenvalue weighted by atomic mass is 16.6. The molecule has 0 saturated carbocycles. The number of rotatable bonds is 4. The lowest BCUT2D eigenvalue weighted by molar-refractivity contribution is -0.158. The molecule has 1 amide bonds. The predicted molar refractivity (Wildman–Crippen MR) is 80.9 cm³/mol. The molecule has 1 N–H and O–H groups in total. The molecule has 0 unspecified atom stereocenters. The summed E-state index contributed by atoms with van der Waals surface area (Å²) in [7, 11) is 0. The third-order valence-electron chi connectivity index (χ3n) is 2.73. The zero-order valence-corrected chi connectivity index (χ0v) is 13.6. The second-order valence-electron chi connectivity index (χ2n) is 6.39. The van der Waals surface area contributed by atoms with Crippen molar-refractivity contribution in [1.82, 2.24) is 10.3 Å². The van der Waals surface area contributed by atoms with Gasteiger partial charge in [0, 0.05) is 5.69 Å². The van der Waals surface area contributed by atoms with Crippen molar-refractivity contribution in [2.45, 2.75) is 53.2 Å². The molecule has 1 atom stereocenters. The van der Waals surface area contributed by atoms with Crippen molar-refractivity contribution >= 4 is 11.9 Å². The molecule has 1 aromatic heterocycles. The van der Waals surface area contributed by atoms with E-state index in [1.165, 1.54) is 0 Å². The lowest BCUT2D eigenvalue weighted by atomic mass is 10.0. The standard InChI is InChI=1S/C16H24N2O3/c1-10(2)13(15(20)21-16(4,5)6)18-14(19)12-9-7-8-11(3)17-12/h7-10,13H,1-6H3,(H,18,19)/t13-/m0/s1. The first-order chi connectivity index (χ1) is 9.60. The molecular weight excluding hydrogens is 268 g/mol. The first-order valence-electron chi connectivity index (χ1n) is 7.07. The topological polar surface area (TPSA) is 68.3 Å². The van der Waals surface area contributed by atoms with Crippen LogP contribution in [0.2, 0.25) is 0 Å². The SMILES string of the molecule is Cc1cccc(C(=O)N[C@H](C(=O)OC(C)(C)C)C(C)C)n1. The molecule has 1 rings (SSSR count). The lowest BCUT2D eigenvalue weighted by Gasteiger charge is -2.26. The Morgan fingerprint density at radius 3 is 2.33 bits per heavy atom. The van der Waals surface area contributed by atoms with E-state index >= 15 is 0 Å². The van der Waals surface area contributed by atoms with Crippen molar-refractivity contribution in [3.8, 4) is 0 Å². The molecule has 0 spiro atoms. The molecule has 0 bridgehead atoms. The number of pyridine rings is 1. The fourth-order valence-electron chi connectivity index (χ4n) is 1.75. The number of hydrogen-bond donors (Lipinski definition) is 1. The van der Waals surface area contributed by atoms with Crippen molar-refractivity contribution in [3.05, 3.63) is 29.6 Å². The number of aromatic nitrogens is 1. The number of amides is 1. The van der Waals surface area contributed by atoms with Crippen LogP contribution in [0.3, 0.4) is 0 Å². The Kier molecular flexibility index (Phi) is 5.47. The lowest BCUT2D eigenvalue weighted by Crippen LogP contribution is -2.47. The van der Waals surface area contributed by atoms with E-state index in [2.05, 4.69) is 10.3 Å². The molecule has 0 aliphatic heterocycles. The Balaban J connectivity index is 2.84. The molecular formula is C16H24N2O3. The van der Waals surface area contributed by atoms with Gasteiger partial charge in [0.1, 0.15) is 17.3 Å². The summed E-state index contributed by atoms with van der Waals surface area (Å²) < 4.78 is 5.35. The highest BCUT2D eigenvalue weighted by Crippen LogP contribution is 2.13. The maximum absolute atomic E-state index is 12.2. The Morgan fingerprint density at radius 2 is 1.86 bits per heavy atom. The average Bonchev–Trinajstić information content (AvgIpc) is 2.32. The van der Waals surface area contributed by atoms with Crippen molar-refractivity contribution in [1.29, 1.82) is 0 Å². The van der Waals surface area contributed by atoms with E-state index in [4.69, 9.17) is 4.74 Å².